The molecule has 0 bridgehead atoms. The van der Waals surface area contributed by atoms with Crippen LogP contribution in [0.3, 0.4) is 0 Å². The van der Waals surface area contributed by atoms with E-state index >= 15 is 0 Å². The molecular weight excluding hydrogens is 220 g/mol. The van der Waals surface area contributed by atoms with Crippen molar-refractivity contribution in [3.63, 3.8) is 0 Å². The highest BCUT2D eigenvalue weighted by molar-refractivity contribution is 8.00. The first-order chi connectivity index (χ1) is 7.70. The van der Waals surface area contributed by atoms with E-state index in [4.69, 9.17) is 4.74 Å². The molecule has 0 N–H and O–H groups in total. The van der Waals surface area contributed by atoms with Gasteiger partial charge in [0.05, 0.1) is 7.11 Å². The third kappa shape index (κ3) is 2.40. The van der Waals surface area contributed by atoms with Crippen molar-refractivity contribution in [2.75, 3.05) is 7.11 Å². The van der Waals surface area contributed by atoms with Crippen LogP contribution in [-0.4, -0.2) is 18.3 Å². The number of rotatable bonds is 3. The van der Waals surface area contributed by atoms with Gasteiger partial charge in [-0.3, -0.25) is 4.79 Å². The van der Waals surface area contributed by atoms with Gasteiger partial charge in [0.25, 0.3) is 0 Å². The van der Waals surface area contributed by atoms with Crippen molar-refractivity contribution in [2.24, 2.45) is 0 Å². The molecule has 0 spiro atoms. The van der Waals surface area contributed by atoms with E-state index in [1.165, 1.54) is 42.4 Å². The average molecular weight is 236 g/mol. The highest BCUT2D eigenvalue weighted by Crippen LogP contribution is 2.29. The number of methoxy groups -OCH3 is 1. The molecule has 0 amide bonds. The molecule has 1 aromatic carbocycles. The molecule has 2 nitrogen and oxygen atoms in total. The monoisotopic (exact) mass is 236 g/mol. The van der Waals surface area contributed by atoms with Crippen LogP contribution in [0.1, 0.15) is 24.5 Å². The van der Waals surface area contributed by atoms with Crippen molar-refractivity contribution in [3.8, 4) is 0 Å². The maximum absolute atomic E-state index is 11.3. The van der Waals surface area contributed by atoms with Crippen molar-refractivity contribution in [1.29, 1.82) is 0 Å². The molecule has 0 radical (unpaired) electrons. The Bertz CT molecular complexity index is 401. The second-order valence-corrected chi connectivity index (χ2v) is 5.48. The SMILES string of the molecule is COC(=O)[C@@H](C)Sc1ccc2c(c1)CCC2. The van der Waals surface area contributed by atoms with Gasteiger partial charge in [0.1, 0.15) is 5.25 Å². The minimum atomic E-state index is -0.162. The first-order valence-electron chi connectivity index (χ1n) is 5.57. The van der Waals surface area contributed by atoms with Gasteiger partial charge in [0, 0.05) is 4.90 Å². The van der Waals surface area contributed by atoms with E-state index in [0.29, 0.717) is 0 Å². The fourth-order valence-electron chi connectivity index (χ4n) is 2.04. The molecule has 0 heterocycles. The molecule has 0 aromatic heterocycles. The Morgan fingerprint density at radius 2 is 2.12 bits per heavy atom. The van der Waals surface area contributed by atoms with Gasteiger partial charge < -0.3 is 4.74 Å². The largest absolute Gasteiger partial charge is 0.468 e. The smallest absolute Gasteiger partial charge is 0.318 e. The van der Waals surface area contributed by atoms with Gasteiger partial charge in [-0.1, -0.05) is 6.07 Å². The Balaban J connectivity index is 2.08. The van der Waals surface area contributed by atoms with Crippen LogP contribution in [0.2, 0.25) is 0 Å². The van der Waals surface area contributed by atoms with E-state index in [2.05, 4.69) is 18.2 Å². The number of ether oxygens (including phenoxy) is 1. The van der Waals surface area contributed by atoms with E-state index in [0.717, 1.165) is 0 Å². The van der Waals surface area contributed by atoms with Gasteiger partial charge in [-0.05, 0) is 49.4 Å². The van der Waals surface area contributed by atoms with Crippen LogP contribution in [0, 0.1) is 0 Å². The molecule has 0 saturated carbocycles. The van der Waals surface area contributed by atoms with Crippen LogP contribution in [0.15, 0.2) is 23.1 Å². The lowest BCUT2D eigenvalue weighted by molar-refractivity contribution is -0.139. The fourth-order valence-corrected chi connectivity index (χ4v) is 3.00. The summed E-state index contributed by atoms with van der Waals surface area (Å²) in [4.78, 5) is 12.5. The summed E-state index contributed by atoms with van der Waals surface area (Å²) >= 11 is 1.57. The molecule has 1 aliphatic carbocycles. The Kier molecular flexibility index (Phi) is 3.54. The lowest BCUT2D eigenvalue weighted by Crippen LogP contribution is -2.14. The highest BCUT2D eigenvalue weighted by atomic mass is 32.2. The Labute approximate surface area is 100 Å². The number of benzene rings is 1. The maximum Gasteiger partial charge on any atom is 0.318 e. The molecule has 16 heavy (non-hydrogen) atoms. The van der Waals surface area contributed by atoms with Gasteiger partial charge in [-0.15, -0.1) is 11.8 Å². The van der Waals surface area contributed by atoms with E-state index < -0.39 is 0 Å². The van der Waals surface area contributed by atoms with E-state index in [9.17, 15) is 4.79 Å². The van der Waals surface area contributed by atoms with E-state index in [-0.39, 0.29) is 11.2 Å². The number of thioether (sulfide) groups is 1. The van der Waals surface area contributed by atoms with Crippen molar-refractivity contribution >= 4 is 17.7 Å². The zero-order chi connectivity index (χ0) is 11.5. The topological polar surface area (TPSA) is 26.3 Å². The van der Waals surface area contributed by atoms with Crippen molar-refractivity contribution in [1.82, 2.24) is 0 Å². The zero-order valence-corrected chi connectivity index (χ0v) is 10.5. The molecular formula is C13H16O2S. The van der Waals surface area contributed by atoms with E-state index in [1.54, 1.807) is 11.8 Å². The fraction of sp³-hybridized carbons (Fsp3) is 0.462. The first kappa shape index (κ1) is 11.5. The zero-order valence-electron chi connectivity index (χ0n) is 9.66. The normalized spacial score (nSPS) is 15.6. The second-order valence-electron chi connectivity index (χ2n) is 4.07. The van der Waals surface area contributed by atoms with E-state index in [1.807, 2.05) is 6.92 Å². The van der Waals surface area contributed by atoms with Crippen LogP contribution in [0.4, 0.5) is 0 Å². The lowest BCUT2D eigenvalue weighted by Gasteiger charge is -2.09. The molecule has 86 valence electrons. The number of aryl methyl sites for hydroxylation is 2. The number of carbonyl (C=O) groups is 1. The predicted molar refractivity (Wildman–Crippen MR) is 65.8 cm³/mol. The van der Waals surface area contributed by atoms with Crippen LogP contribution in [0.25, 0.3) is 0 Å². The Hall–Kier alpha value is -0.960. The van der Waals surface area contributed by atoms with Crippen LogP contribution >= 0.6 is 11.8 Å². The summed E-state index contributed by atoms with van der Waals surface area (Å²) in [5.41, 5.74) is 2.91. The molecule has 0 aliphatic heterocycles. The Morgan fingerprint density at radius 1 is 1.38 bits per heavy atom. The molecule has 3 heteroatoms. The minimum absolute atomic E-state index is 0.135. The number of carbonyl (C=O) groups excluding carboxylic acids is 1. The molecule has 0 fully saturated rings. The average Bonchev–Trinajstić information content (AvgIpc) is 2.75. The lowest BCUT2D eigenvalue weighted by atomic mass is 10.1. The molecule has 0 unspecified atom stereocenters. The summed E-state index contributed by atoms with van der Waals surface area (Å²) in [7, 11) is 1.43. The maximum atomic E-state index is 11.3. The highest BCUT2D eigenvalue weighted by Gasteiger charge is 2.16. The summed E-state index contributed by atoms with van der Waals surface area (Å²) < 4.78 is 4.72. The third-order valence-corrected chi connectivity index (χ3v) is 3.99. The van der Waals surface area contributed by atoms with Crippen LogP contribution in [-0.2, 0) is 22.4 Å². The second kappa shape index (κ2) is 4.91. The van der Waals surface area contributed by atoms with Crippen molar-refractivity contribution < 1.29 is 9.53 Å². The van der Waals surface area contributed by atoms with Crippen molar-refractivity contribution in [3.05, 3.63) is 29.3 Å². The standard InChI is InChI=1S/C13H16O2S/c1-9(13(14)15-2)16-12-7-6-10-4-3-5-11(10)8-12/h6-9H,3-5H2,1-2H3/t9-/m1/s1. The Morgan fingerprint density at radius 3 is 2.88 bits per heavy atom. The first-order valence-corrected chi connectivity index (χ1v) is 6.45. The van der Waals surface area contributed by atoms with Gasteiger partial charge in [-0.25, -0.2) is 0 Å². The van der Waals surface area contributed by atoms with Crippen LogP contribution < -0.4 is 0 Å². The molecule has 0 saturated heterocycles. The van der Waals surface area contributed by atoms with Crippen LogP contribution in [0.5, 0.6) is 0 Å². The molecule has 2 rings (SSSR count). The van der Waals surface area contributed by atoms with Crippen molar-refractivity contribution in [2.45, 2.75) is 36.3 Å². The van der Waals surface area contributed by atoms with Gasteiger partial charge in [0.2, 0.25) is 0 Å². The summed E-state index contributed by atoms with van der Waals surface area (Å²) in [6.45, 7) is 1.88. The summed E-state index contributed by atoms with van der Waals surface area (Å²) in [5.74, 6) is -0.162. The van der Waals surface area contributed by atoms with Gasteiger partial charge in [0.15, 0.2) is 0 Å². The number of hydrogen-bond donors (Lipinski definition) is 0. The number of hydrogen-bond acceptors (Lipinski definition) is 3. The third-order valence-electron chi connectivity index (χ3n) is 2.92. The summed E-state index contributed by atoms with van der Waals surface area (Å²) in [5, 5.41) is -0.135. The quantitative estimate of drug-likeness (QED) is 0.596. The molecule has 1 atom stereocenters. The summed E-state index contributed by atoms with van der Waals surface area (Å²) in [6, 6.07) is 6.51. The number of fused-ring (bicyclic) bond motifs is 1. The molecule has 1 aliphatic rings. The predicted octanol–water partition coefficient (Wildman–Crippen LogP) is 2.83. The minimum Gasteiger partial charge on any atom is -0.468 e. The van der Waals surface area contributed by atoms with Gasteiger partial charge in [-0.2, -0.15) is 0 Å². The number of esters is 1. The van der Waals surface area contributed by atoms with Gasteiger partial charge >= 0.3 is 5.97 Å². The summed E-state index contributed by atoms with van der Waals surface area (Å²) in [6.07, 6.45) is 3.64. The molecule has 1 aromatic rings.